The summed E-state index contributed by atoms with van der Waals surface area (Å²) in [4.78, 5) is 2.21. The molecule has 0 radical (unpaired) electrons. The van der Waals surface area contributed by atoms with Crippen LogP contribution in [0.1, 0.15) is 59.1 Å². The van der Waals surface area contributed by atoms with E-state index in [1.807, 2.05) is 19.1 Å². The molecule has 0 saturated carbocycles. The van der Waals surface area contributed by atoms with E-state index < -0.39 is 0 Å². The Bertz CT molecular complexity index is 411. The molecule has 0 amide bonds. The maximum absolute atomic E-state index is 14.4. The molecule has 0 spiro atoms. The monoisotopic (exact) mass is 280 g/mol. The van der Waals surface area contributed by atoms with Crippen molar-refractivity contribution in [3.8, 4) is 0 Å². The molecule has 1 aromatic carbocycles. The summed E-state index contributed by atoms with van der Waals surface area (Å²) in [6.07, 6.45) is 2.05. The lowest BCUT2D eigenvalue weighted by Gasteiger charge is -2.34. The average molecular weight is 280 g/mol. The van der Waals surface area contributed by atoms with Crippen LogP contribution in [0, 0.1) is 11.7 Å². The minimum Gasteiger partial charge on any atom is -0.366 e. The number of anilines is 1. The topological polar surface area (TPSA) is 29.3 Å². The van der Waals surface area contributed by atoms with Crippen LogP contribution in [0.4, 0.5) is 10.1 Å². The second kappa shape index (κ2) is 7.63. The normalized spacial score (nSPS) is 13.1. The van der Waals surface area contributed by atoms with Crippen LogP contribution in [0.15, 0.2) is 18.2 Å². The van der Waals surface area contributed by atoms with Gasteiger partial charge in [-0.1, -0.05) is 33.8 Å². The van der Waals surface area contributed by atoms with Crippen LogP contribution in [0.5, 0.6) is 0 Å². The highest BCUT2D eigenvalue weighted by Crippen LogP contribution is 2.27. The third-order valence-corrected chi connectivity index (χ3v) is 3.75. The number of nitrogens with zero attached hydrogens (tertiary/aromatic N) is 1. The summed E-state index contributed by atoms with van der Waals surface area (Å²) in [6.45, 7) is 11.4. The van der Waals surface area contributed by atoms with Gasteiger partial charge in [-0.05, 0) is 43.4 Å². The van der Waals surface area contributed by atoms with E-state index in [0.717, 1.165) is 24.9 Å². The number of hydrogen-bond donors (Lipinski definition) is 1. The first-order valence-corrected chi connectivity index (χ1v) is 7.72. The first kappa shape index (κ1) is 17.0. The van der Waals surface area contributed by atoms with Crippen LogP contribution in [0.3, 0.4) is 0 Å². The van der Waals surface area contributed by atoms with Crippen LogP contribution in [0.2, 0.25) is 0 Å². The summed E-state index contributed by atoms with van der Waals surface area (Å²) >= 11 is 0. The minimum atomic E-state index is -0.160. The van der Waals surface area contributed by atoms with Gasteiger partial charge in [0.2, 0.25) is 0 Å². The van der Waals surface area contributed by atoms with Gasteiger partial charge in [0.15, 0.2) is 0 Å². The molecule has 20 heavy (non-hydrogen) atoms. The van der Waals surface area contributed by atoms with E-state index >= 15 is 0 Å². The summed E-state index contributed by atoms with van der Waals surface area (Å²) in [6, 6.07) is 5.65. The zero-order chi connectivity index (χ0) is 15.3. The maximum atomic E-state index is 14.4. The van der Waals surface area contributed by atoms with Gasteiger partial charge < -0.3 is 10.6 Å². The molecule has 0 aromatic heterocycles. The lowest BCUT2D eigenvalue weighted by atomic mass is 10.0. The lowest BCUT2D eigenvalue weighted by Crippen LogP contribution is -2.38. The van der Waals surface area contributed by atoms with Crippen molar-refractivity contribution >= 4 is 5.69 Å². The molecule has 2 nitrogen and oxygen atoms in total. The predicted octanol–water partition coefficient (Wildman–Crippen LogP) is 4.50. The Hall–Kier alpha value is -1.09. The quantitative estimate of drug-likeness (QED) is 0.797. The molecule has 0 fully saturated rings. The predicted molar refractivity (Wildman–Crippen MR) is 85.6 cm³/mol. The average Bonchev–Trinajstić information content (AvgIpc) is 2.38. The Labute approximate surface area is 123 Å². The molecule has 0 heterocycles. The van der Waals surface area contributed by atoms with Crippen LogP contribution >= 0.6 is 0 Å². The van der Waals surface area contributed by atoms with Crippen molar-refractivity contribution in [1.82, 2.24) is 0 Å². The van der Waals surface area contributed by atoms with E-state index in [-0.39, 0.29) is 11.9 Å². The van der Waals surface area contributed by atoms with Crippen LogP contribution in [0.25, 0.3) is 0 Å². The highest BCUT2D eigenvalue weighted by atomic mass is 19.1. The first-order valence-electron chi connectivity index (χ1n) is 7.72. The van der Waals surface area contributed by atoms with Gasteiger partial charge in [0.1, 0.15) is 5.82 Å². The smallest absolute Gasteiger partial charge is 0.146 e. The van der Waals surface area contributed by atoms with E-state index in [2.05, 4.69) is 32.6 Å². The van der Waals surface area contributed by atoms with Crippen molar-refractivity contribution < 1.29 is 4.39 Å². The number of nitrogens with two attached hydrogens (primary N) is 1. The van der Waals surface area contributed by atoms with Crippen molar-refractivity contribution in [1.29, 1.82) is 0 Å². The van der Waals surface area contributed by atoms with Crippen molar-refractivity contribution in [2.24, 2.45) is 11.7 Å². The second-order valence-corrected chi connectivity index (χ2v) is 6.02. The largest absolute Gasteiger partial charge is 0.366 e. The Morgan fingerprint density at radius 2 is 1.75 bits per heavy atom. The summed E-state index contributed by atoms with van der Waals surface area (Å²) in [5, 5.41) is 0. The molecular formula is C17H29FN2. The van der Waals surface area contributed by atoms with E-state index in [9.17, 15) is 4.39 Å². The zero-order valence-corrected chi connectivity index (χ0v) is 13.5. The number of hydrogen-bond acceptors (Lipinski definition) is 2. The molecule has 2 N–H and O–H groups in total. The van der Waals surface area contributed by atoms with Gasteiger partial charge in [-0.2, -0.15) is 0 Å². The standard InChI is InChI=1S/C17H29FN2/c1-6-15(7-2)20(11-12(3)4)17-9-8-14(13(5)19)10-16(17)18/h8-10,12-13,15H,6-7,11,19H2,1-5H3. The highest BCUT2D eigenvalue weighted by molar-refractivity contribution is 5.50. The fourth-order valence-corrected chi connectivity index (χ4v) is 2.61. The fraction of sp³-hybridized carbons (Fsp3) is 0.647. The Morgan fingerprint density at radius 1 is 1.15 bits per heavy atom. The summed E-state index contributed by atoms with van der Waals surface area (Å²) in [7, 11) is 0. The van der Waals surface area contributed by atoms with Crippen LogP contribution < -0.4 is 10.6 Å². The molecular weight excluding hydrogens is 251 g/mol. The van der Waals surface area contributed by atoms with E-state index in [0.29, 0.717) is 17.6 Å². The van der Waals surface area contributed by atoms with Crippen molar-refractivity contribution in [3.63, 3.8) is 0 Å². The number of benzene rings is 1. The van der Waals surface area contributed by atoms with Gasteiger partial charge in [-0.3, -0.25) is 0 Å². The number of rotatable bonds is 7. The van der Waals surface area contributed by atoms with Gasteiger partial charge in [0.05, 0.1) is 5.69 Å². The van der Waals surface area contributed by atoms with Gasteiger partial charge >= 0.3 is 0 Å². The van der Waals surface area contributed by atoms with Crippen LogP contribution in [-0.4, -0.2) is 12.6 Å². The molecule has 0 aliphatic heterocycles. The zero-order valence-electron chi connectivity index (χ0n) is 13.5. The molecule has 114 valence electrons. The third kappa shape index (κ3) is 4.20. The van der Waals surface area contributed by atoms with E-state index in [4.69, 9.17) is 5.73 Å². The van der Waals surface area contributed by atoms with Crippen molar-refractivity contribution in [2.75, 3.05) is 11.4 Å². The third-order valence-electron chi connectivity index (χ3n) is 3.75. The molecule has 1 atom stereocenters. The molecule has 3 heteroatoms. The Kier molecular flexibility index (Phi) is 6.47. The van der Waals surface area contributed by atoms with Crippen molar-refractivity contribution in [3.05, 3.63) is 29.6 Å². The minimum absolute atomic E-state index is 0.134. The van der Waals surface area contributed by atoms with Gasteiger partial charge in [0, 0.05) is 18.6 Å². The SMILES string of the molecule is CCC(CC)N(CC(C)C)c1ccc(C(C)N)cc1F. The van der Waals surface area contributed by atoms with Gasteiger partial charge in [-0.15, -0.1) is 0 Å². The second-order valence-electron chi connectivity index (χ2n) is 6.02. The summed E-state index contributed by atoms with van der Waals surface area (Å²) in [5.74, 6) is 0.343. The van der Waals surface area contributed by atoms with Gasteiger partial charge in [0.25, 0.3) is 0 Å². The summed E-state index contributed by atoms with van der Waals surface area (Å²) < 4.78 is 14.4. The molecule has 0 saturated heterocycles. The molecule has 1 aromatic rings. The van der Waals surface area contributed by atoms with Crippen molar-refractivity contribution in [2.45, 2.75) is 59.5 Å². The molecule has 1 unspecified atom stereocenters. The molecule has 1 rings (SSSR count). The maximum Gasteiger partial charge on any atom is 0.146 e. The Balaban J connectivity index is 3.13. The molecule has 0 aliphatic rings. The number of halogens is 1. The lowest BCUT2D eigenvalue weighted by molar-refractivity contribution is 0.495. The Morgan fingerprint density at radius 3 is 2.15 bits per heavy atom. The van der Waals surface area contributed by atoms with Gasteiger partial charge in [-0.25, -0.2) is 4.39 Å². The first-order chi connectivity index (χ1) is 9.40. The van der Waals surface area contributed by atoms with E-state index in [1.165, 1.54) is 0 Å². The molecule has 0 bridgehead atoms. The van der Waals surface area contributed by atoms with Crippen LogP contribution in [-0.2, 0) is 0 Å². The van der Waals surface area contributed by atoms with E-state index in [1.54, 1.807) is 6.07 Å². The summed E-state index contributed by atoms with van der Waals surface area (Å²) in [5.41, 5.74) is 7.37. The molecule has 0 aliphatic carbocycles. The fourth-order valence-electron chi connectivity index (χ4n) is 2.61. The highest BCUT2D eigenvalue weighted by Gasteiger charge is 2.20.